The molecule has 5 rings (SSSR count). The first-order valence-corrected chi connectivity index (χ1v) is 12.6. The van der Waals surface area contributed by atoms with E-state index in [0.717, 1.165) is 28.9 Å². The molecular weight excluding hydrogens is 501 g/mol. The highest BCUT2D eigenvalue weighted by Gasteiger charge is 2.45. The minimum atomic E-state index is -4.59. The summed E-state index contributed by atoms with van der Waals surface area (Å²) in [5.74, 6) is -1.05. The molecule has 0 saturated heterocycles. The van der Waals surface area contributed by atoms with Crippen LogP contribution in [0.15, 0.2) is 71.4 Å². The minimum absolute atomic E-state index is 0.169. The molecule has 1 N–H and O–H groups in total. The molecule has 2 amide bonds. The summed E-state index contributed by atoms with van der Waals surface area (Å²) in [6.07, 6.45) is -4.59. The lowest BCUT2D eigenvalue weighted by atomic mass is 9.82. The van der Waals surface area contributed by atoms with E-state index >= 15 is 0 Å². The van der Waals surface area contributed by atoms with Crippen molar-refractivity contribution < 1.29 is 22.8 Å². The summed E-state index contributed by atoms with van der Waals surface area (Å²) in [4.78, 5) is 28.7. The Balaban J connectivity index is 1.62. The standard InChI is InChI=1S/C27H23F3N4O2S/c1-3-33-25-21(16(2)32-34(25)20-10-5-4-6-11-20)22(18-12-13-37-15-18)23(26(33)36)31-24(35)17-8-7-9-19(14-17)27(28,29)30/h4-15,22-23H,3H2,1-2H3,(H,31,35). The van der Waals surface area contributed by atoms with E-state index in [2.05, 4.69) is 5.32 Å². The minimum Gasteiger partial charge on any atom is -0.339 e. The van der Waals surface area contributed by atoms with Crippen molar-refractivity contribution >= 4 is 29.0 Å². The summed E-state index contributed by atoms with van der Waals surface area (Å²) in [7, 11) is 0. The number of amides is 2. The maximum Gasteiger partial charge on any atom is 0.416 e. The fourth-order valence-corrected chi connectivity index (χ4v) is 5.50. The number of nitrogens with one attached hydrogen (secondary N) is 1. The number of carbonyl (C=O) groups is 2. The molecule has 6 nitrogen and oxygen atoms in total. The molecule has 37 heavy (non-hydrogen) atoms. The summed E-state index contributed by atoms with van der Waals surface area (Å²) in [5.41, 5.74) is 1.99. The van der Waals surface area contributed by atoms with Crippen LogP contribution in [0.1, 0.15) is 45.6 Å². The predicted molar refractivity (Wildman–Crippen MR) is 135 cm³/mol. The second kappa shape index (κ2) is 9.51. The number of benzene rings is 2. The first kappa shape index (κ1) is 24.8. The molecule has 1 aliphatic rings. The lowest BCUT2D eigenvalue weighted by molar-refractivity contribution is -0.137. The van der Waals surface area contributed by atoms with Gasteiger partial charge in [0.25, 0.3) is 11.8 Å². The van der Waals surface area contributed by atoms with Crippen LogP contribution in [0.4, 0.5) is 19.0 Å². The van der Waals surface area contributed by atoms with Gasteiger partial charge in [0.15, 0.2) is 0 Å². The van der Waals surface area contributed by atoms with Crippen molar-refractivity contribution in [3.63, 3.8) is 0 Å². The van der Waals surface area contributed by atoms with Crippen molar-refractivity contribution in [3.8, 4) is 5.69 Å². The average Bonchev–Trinajstić information content (AvgIpc) is 3.53. The first-order valence-electron chi connectivity index (χ1n) is 11.7. The largest absolute Gasteiger partial charge is 0.416 e. The number of hydrogen-bond donors (Lipinski definition) is 1. The van der Waals surface area contributed by atoms with Crippen LogP contribution in [0, 0.1) is 6.92 Å². The molecule has 0 aliphatic carbocycles. The van der Waals surface area contributed by atoms with Crippen molar-refractivity contribution in [2.45, 2.75) is 32.0 Å². The molecule has 2 aromatic heterocycles. The monoisotopic (exact) mass is 524 g/mol. The topological polar surface area (TPSA) is 67.2 Å². The summed E-state index contributed by atoms with van der Waals surface area (Å²) >= 11 is 1.46. The third-order valence-corrected chi connectivity index (χ3v) is 7.17. The molecule has 4 aromatic rings. The van der Waals surface area contributed by atoms with Gasteiger partial charge in [0.2, 0.25) is 0 Å². The number of fused-ring (bicyclic) bond motifs is 1. The number of nitrogens with zero attached hydrogens (tertiary/aromatic N) is 3. The van der Waals surface area contributed by atoms with Gasteiger partial charge in [0.1, 0.15) is 11.9 Å². The van der Waals surface area contributed by atoms with Gasteiger partial charge in [-0.3, -0.25) is 14.5 Å². The Morgan fingerprint density at radius 1 is 1.11 bits per heavy atom. The van der Waals surface area contributed by atoms with Crippen molar-refractivity contribution in [2.24, 2.45) is 0 Å². The van der Waals surface area contributed by atoms with Crippen molar-refractivity contribution in [1.29, 1.82) is 0 Å². The van der Waals surface area contributed by atoms with Gasteiger partial charge >= 0.3 is 6.18 Å². The fraction of sp³-hybridized carbons (Fsp3) is 0.222. The third-order valence-electron chi connectivity index (χ3n) is 6.47. The van der Waals surface area contributed by atoms with E-state index in [-0.39, 0.29) is 11.5 Å². The van der Waals surface area contributed by atoms with Gasteiger partial charge in [-0.05, 0) is 66.6 Å². The molecule has 0 fully saturated rings. The number of carbonyl (C=O) groups excluding carboxylic acids is 2. The number of aromatic nitrogens is 2. The van der Waals surface area contributed by atoms with Gasteiger partial charge in [0.05, 0.1) is 16.9 Å². The number of hydrogen-bond acceptors (Lipinski definition) is 4. The Morgan fingerprint density at radius 3 is 2.51 bits per heavy atom. The van der Waals surface area contributed by atoms with Crippen LogP contribution >= 0.6 is 11.3 Å². The average molecular weight is 525 g/mol. The van der Waals surface area contributed by atoms with Crippen molar-refractivity contribution in [2.75, 3.05) is 11.4 Å². The molecule has 0 saturated carbocycles. The van der Waals surface area contributed by atoms with Gasteiger partial charge in [-0.25, -0.2) is 4.68 Å². The molecule has 2 unspecified atom stereocenters. The zero-order chi connectivity index (χ0) is 26.3. The molecule has 10 heteroatoms. The lowest BCUT2D eigenvalue weighted by Gasteiger charge is -2.38. The van der Waals surface area contributed by atoms with Gasteiger partial charge in [0, 0.05) is 23.6 Å². The number of rotatable bonds is 5. The quantitative estimate of drug-likeness (QED) is 0.372. The van der Waals surface area contributed by atoms with E-state index in [1.807, 2.05) is 61.0 Å². The zero-order valence-corrected chi connectivity index (χ0v) is 20.8. The third kappa shape index (κ3) is 4.42. The summed E-state index contributed by atoms with van der Waals surface area (Å²) in [5, 5.41) is 11.3. The van der Waals surface area contributed by atoms with Crippen LogP contribution in [-0.4, -0.2) is 34.2 Å². The van der Waals surface area contributed by atoms with Crippen LogP contribution in [0.3, 0.4) is 0 Å². The Kier molecular flexibility index (Phi) is 6.36. The molecule has 0 spiro atoms. The van der Waals surface area contributed by atoms with Crippen LogP contribution < -0.4 is 10.2 Å². The molecule has 2 aromatic carbocycles. The van der Waals surface area contributed by atoms with Crippen LogP contribution in [-0.2, 0) is 11.0 Å². The maximum atomic E-state index is 13.9. The van der Waals surface area contributed by atoms with Crippen molar-refractivity contribution in [1.82, 2.24) is 15.1 Å². The van der Waals surface area contributed by atoms with E-state index in [0.29, 0.717) is 18.1 Å². The molecule has 1 aliphatic heterocycles. The Morgan fingerprint density at radius 2 is 1.86 bits per heavy atom. The molecular formula is C27H23F3N4O2S. The molecule has 3 heterocycles. The van der Waals surface area contributed by atoms with Gasteiger partial charge in [-0.15, -0.1) is 0 Å². The van der Waals surface area contributed by atoms with Crippen LogP contribution in [0.25, 0.3) is 5.69 Å². The van der Waals surface area contributed by atoms with E-state index in [4.69, 9.17) is 5.10 Å². The second-order valence-corrected chi connectivity index (χ2v) is 9.50. The molecule has 0 radical (unpaired) electrons. The summed E-state index contributed by atoms with van der Waals surface area (Å²) in [6.45, 7) is 4.00. The van der Waals surface area contributed by atoms with E-state index in [9.17, 15) is 22.8 Å². The van der Waals surface area contributed by atoms with Gasteiger partial charge in [-0.2, -0.15) is 29.6 Å². The fourth-order valence-electron chi connectivity index (χ4n) is 4.80. The highest BCUT2D eigenvalue weighted by atomic mass is 32.1. The zero-order valence-electron chi connectivity index (χ0n) is 20.0. The van der Waals surface area contributed by atoms with Crippen molar-refractivity contribution in [3.05, 3.63) is 99.4 Å². The second-order valence-electron chi connectivity index (χ2n) is 8.72. The summed E-state index contributed by atoms with van der Waals surface area (Å²) < 4.78 is 41.5. The Bertz CT molecular complexity index is 1450. The Hall–Kier alpha value is -3.92. The number of anilines is 1. The highest BCUT2D eigenvalue weighted by molar-refractivity contribution is 7.08. The number of thiophene rings is 1. The number of halogens is 3. The lowest BCUT2D eigenvalue weighted by Crippen LogP contribution is -2.55. The molecule has 0 bridgehead atoms. The first-order chi connectivity index (χ1) is 17.7. The Labute approximate surface area is 215 Å². The van der Waals surface area contributed by atoms with E-state index in [1.54, 1.807) is 9.58 Å². The number of para-hydroxylation sites is 1. The molecule has 190 valence electrons. The van der Waals surface area contributed by atoms with Gasteiger partial charge < -0.3 is 5.32 Å². The smallest absolute Gasteiger partial charge is 0.339 e. The number of alkyl halides is 3. The normalized spacial score (nSPS) is 17.5. The van der Waals surface area contributed by atoms with Crippen LogP contribution in [0.2, 0.25) is 0 Å². The maximum absolute atomic E-state index is 13.9. The van der Waals surface area contributed by atoms with Crippen LogP contribution in [0.5, 0.6) is 0 Å². The summed E-state index contributed by atoms with van der Waals surface area (Å²) in [6, 6.07) is 14.5. The predicted octanol–water partition coefficient (Wildman–Crippen LogP) is 5.56. The highest BCUT2D eigenvalue weighted by Crippen LogP contribution is 2.43. The SMILES string of the molecule is CCN1C(=O)C(NC(=O)c2cccc(C(F)(F)F)c2)C(c2ccsc2)c2c(C)nn(-c3ccccc3)c21. The van der Waals surface area contributed by atoms with Gasteiger partial charge in [-0.1, -0.05) is 24.3 Å². The number of aryl methyl sites for hydroxylation is 1. The van der Waals surface area contributed by atoms with E-state index in [1.165, 1.54) is 23.5 Å². The molecule has 2 atom stereocenters. The number of likely N-dealkylation sites (N-methyl/N-ethyl adjacent to an activating group) is 1. The van der Waals surface area contributed by atoms with E-state index < -0.39 is 29.6 Å².